The fourth-order valence-electron chi connectivity index (χ4n) is 1.99. The van der Waals surface area contributed by atoms with Crippen LogP contribution in [0.3, 0.4) is 0 Å². The van der Waals surface area contributed by atoms with E-state index in [1.54, 1.807) is 0 Å². The normalized spacial score (nSPS) is 18.1. The van der Waals surface area contributed by atoms with Gasteiger partial charge in [0.2, 0.25) is 0 Å². The van der Waals surface area contributed by atoms with Crippen molar-refractivity contribution in [3.05, 3.63) is 0 Å². The summed E-state index contributed by atoms with van der Waals surface area (Å²) in [4.78, 5) is 11.4. The van der Waals surface area contributed by atoms with Gasteiger partial charge in [0.15, 0.2) is 0 Å². The molecule has 3 heteroatoms. The Bertz CT molecular complexity index is 208. The smallest absolute Gasteiger partial charge is 0.312 e. The van der Waals surface area contributed by atoms with Crippen molar-refractivity contribution in [2.24, 2.45) is 11.3 Å². The Kier molecular flexibility index (Phi) is 4.97. The Morgan fingerprint density at radius 2 is 2.00 bits per heavy atom. The number of rotatable bonds is 5. The van der Waals surface area contributed by atoms with Crippen molar-refractivity contribution in [3.8, 4) is 0 Å². The molecule has 0 saturated heterocycles. The molecule has 0 radical (unpaired) electrons. The molecular weight excluding hydrogens is 208 g/mol. The highest BCUT2D eigenvalue weighted by Crippen LogP contribution is 2.30. The number of methoxy groups -OCH3 is 1. The average molecular weight is 230 g/mol. The fourth-order valence-corrected chi connectivity index (χ4v) is 3.41. The Balaban J connectivity index is 2.20. The largest absolute Gasteiger partial charge is 0.469 e. The number of carbonyl (C=O) groups is 1. The van der Waals surface area contributed by atoms with Gasteiger partial charge in [0, 0.05) is 5.75 Å². The minimum absolute atomic E-state index is 0.0959. The Morgan fingerprint density at radius 3 is 2.53 bits per heavy atom. The van der Waals surface area contributed by atoms with Crippen LogP contribution in [-0.4, -0.2) is 24.6 Å². The topological polar surface area (TPSA) is 26.3 Å². The van der Waals surface area contributed by atoms with Gasteiger partial charge in [-0.25, -0.2) is 0 Å². The molecule has 0 unspecified atom stereocenters. The molecule has 0 aliphatic heterocycles. The lowest BCUT2D eigenvalue weighted by molar-refractivity contribution is -0.149. The minimum Gasteiger partial charge on any atom is -0.469 e. The first-order valence-electron chi connectivity index (χ1n) is 5.72. The molecule has 0 aromatic carbocycles. The first-order chi connectivity index (χ1) is 7.06. The first-order valence-corrected chi connectivity index (χ1v) is 6.88. The second kappa shape index (κ2) is 5.78. The fraction of sp³-hybridized carbons (Fsp3) is 0.917. The second-order valence-corrected chi connectivity index (χ2v) is 6.07. The predicted octanol–water partition coefficient (Wildman–Crippen LogP) is 3.11. The van der Waals surface area contributed by atoms with Gasteiger partial charge in [0.25, 0.3) is 0 Å². The van der Waals surface area contributed by atoms with Crippen LogP contribution in [-0.2, 0) is 9.53 Å². The van der Waals surface area contributed by atoms with Gasteiger partial charge >= 0.3 is 5.97 Å². The summed E-state index contributed by atoms with van der Waals surface area (Å²) in [7, 11) is 1.46. The molecule has 0 atom stereocenters. The highest BCUT2D eigenvalue weighted by atomic mass is 32.2. The van der Waals surface area contributed by atoms with E-state index >= 15 is 0 Å². The van der Waals surface area contributed by atoms with Crippen molar-refractivity contribution >= 4 is 17.7 Å². The minimum atomic E-state index is -0.335. The summed E-state index contributed by atoms with van der Waals surface area (Å²) in [6.07, 6.45) is 5.55. The van der Waals surface area contributed by atoms with Gasteiger partial charge in [-0.05, 0) is 38.4 Å². The van der Waals surface area contributed by atoms with Gasteiger partial charge in [0.1, 0.15) is 0 Å². The van der Waals surface area contributed by atoms with Gasteiger partial charge in [-0.15, -0.1) is 0 Å². The van der Waals surface area contributed by atoms with Crippen molar-refractivity contribution in [2.75, 3.05) is 18.6 Å². The molecular formula is C12H22O2S. The van der Waals surface area contributed by atoms with E-state index in [0.29, 0.717) is 0 Å². The maximum atomic E-state index is 11.4. The third-order valence-corrected chi connectivity index (χ3v) is 4.66. The number of hydrogen-bond donors (Lipinski definition) is 0. The Hall–Kier alpha value is -0.180. The highest BCUT2D eigenvalue weighted by Gasteiger charge is 2.29. The maximum absolute atomic E-state index is 11.4. The number of thioether (sulfide) groups is 1. The molecule has 0 N–H and O–H groups in total. The van der Waals surface area contributed by atoms with Gasteiger partial charge in [-0.1, -0.05) is 12.8 Å². The zero-order valence-electron chi connectivity index (χ0n) is 10.0. The maximum Gasteiger partial charge on any atom is 0.312 e. The van der Waals surface area contributed by atoms with Crippen molar-refractivity contribution in [3.63, 3.8) is 0 Å². The lowest BCUT2D eigenvalue weighted by Crippen LogP contribution is -2.28. The monoisotopic (exact) mass is 230 g/mol. The molecule has 1 saturated carbocycles. The summed E-state index contributed by atoms with van der Waals surface area (Å²) in [5.41, 5.74) is -0.335. The van der Waals surface area contributed by atoms with E-state index in [0.717, 1.165) is 11.7 Å². The van der Waals surface area contributed by atoms with Crippen LogP contribution < -0.4 is 0 Å². The second-order valence-electron chi connectivity index (χ2n) is 5.04. The van der Waals surface area contributed by atoms with Crippen molar-refractivity contribution in [2.45, 2.75) is 39.5 Å². The molecule has 0 heterocycles. The van der Waals surface area contributed by atoms with Crippen LogP contribution in [0.25, 0.3) is 0 Å². The van der Waals surface area contributed by atoms with E-state index in [4.69, 9.17) is 4.74 Å². The summed E-state index contributed by atoms with van der Waals surface area (Å²) in [6.45, 7) is 3.92. The van der Waals surface area contributed by atoms with E-state index in [1.807, 2.05) is 25.6 Å². The van der Waals surface area contributed by atoms with Crippen molar-refractivity contribution < 1.29 is 9.53 Å². The molecule has 1 aliphatic rings. The van der Waals surface area contributed by atoms with Crippen LogP contribution in [0.15, 0.2) is 0 Å². The summed E-state index contributed by atoms with van der Waals surface area (Å²) < 4.78 is 4.79. The standard InChI is InChI=1S/C12H22O2S/c1-12(2,11(13)14-3)9-15-8-10-6-4-5-7-10/h10H,4-9H2,1-3H3. The van der Waals surface area contributed by atoms with E-state index in [2.05, 4.69) is 0 Å². The molecule has 0 aromatic heterocycles. The quantitative estimate of drug-likeness (QED) is 0.679. The molecule has 2 nitrogen and oxygen atoms in total. The summed E-state index contributed by atoms with van der Waals surface area (Å²) in [6, 6.07) is 0. The van der Waals surface area contributed by atoms with Crippen LogP contribution in [0.1, 0.15) is 39.5 Å². The zero-order valence-corrected chi connectivity index (χ0v) is 10.9. The van der Waals surface area contributed by atoms with Gasteiger partial charge in [0.05, 0.1) is 12.5 Å². The lowest BCUT2D eigenvalue weighted by atomic mass is 9.97. The molecule has 15 heavy (non-hydrogen) atoms. The number of hydrogen-bond acceptors (Lipinski definition) is 3. The predicted molar refractivity (Wildman–Crippen MR) is 65.1 cm³/mol. The van der Waals surface area contributed by atoms with E-state index in [-0.39, 0.29) is 11.4 Å². The Labute approximate surface area is 97.1 Å². The van der Waals surface area contributed by atoms with E-state index < -0.39 is 0 Å². The van der Waals surface area contributed by atoms with Crippen molar-refractivity contribution in [1.29, 1.82) is 0 Å². The van der Waals surface area contributed by atoms with Crippen molar-refractivity contribution in [1.82, 2.24) is 0 Å². The summed E-state index contributed by atoms with van der Waals surface area (Å²) in [5, 5.41) is 0. The average Bonchev–Trinajstić information content (AvgIpc) is 2.69. The Morgan fingerprint density at radius 1 is 1.40 bits per heavy atom. The van der Waals surface area contributed by atoms with Crippen LogP contribution in [0.2, 0.25) is 0 Å². The molecule has 1 aliphatic carbocycles. The zero-order chi connectivity index (χ0) is 11.3. The van der Waals surface area contributed by atoms with Crippen LogP contribution in [0.4, 0.5) is 0 Å². The number of ether oxygens (including phenoxy) is 1. The van der Waals surface area contributed by atoms with Crippen LogP contribution >= 0.6 is 11.8 Å². The first kappa shape index (κ1) is 12.9. The molecule has 0 aromatic rings. The SMILES string of the molecule is COC(=O)C(C)(C)CSCC1CCCC1. The third-order valence-electron chi connectivity index (χ3n) is 3.03. The summed E-state index contributed by atoms with van der Waals surface area (Å²) in [5.74, 6) is 2.88. The van der Waals surface area contributed by atoms with Gasteiger partial charge in [-0.2, -0.15) is 11.8 Å². The highest BCUT2D eigenvalue weighted by molar-refractivity contribution is 7.99. The lowest BCUT2D eigenvalue weighted by Gasteiger charge is -2.21. The molecule has 0 amide bonds. The molecule has 0 spiro atoms. The third kappa shape index (κ3) is 4.06. The number of esters is 1. The molecule has 88 valence electrons. The van der Waals surface area contributed by atoms with Crippen LogP contribution in [0, 0.1) is 11.3 Å². The van der Waals surface area contributed by atoms with Gasteiger partial charge < -0.3 is 4.74 Å². The van der Waals surface area contributed by atoms with Crippen LogP contribution in [0.5, 0.6) is 0 Å². The molecule has 0 bridgehead atoms. The summed E-state index contributed by atoms with van der Waals surface area (Å²) >= 11 is 1.90. The van der Waals surface area contributed by atoms with E-state index in [9.17, 15) is 4.79 Å². The van der Waals surface area contributed by atoms with Gasteiger partial charge in [-0.3, -0.25) is 4.79 Å². The molecule has 1 fully saturated rings. The van der Waals surface area contributed by atoms with E-state index in [1.165, 1.54) is 38.5 Å². The number of carbonyl (C=O) groups excluding carboxylic acids is 1. The molecule has 1 rings (SSSR count).